The number of hydrogen-bond donors (Lipinski definition) is 2. The molecule has 82 valence electrons. The standard InChI is InChI=1S/C11H16N2O2/c1-7-3-10-11(15-6-14-10)4-8(7)9(12)5-13-2/h3-4,9,13H,5-6,12H2,1-2H3. The first kappa shape index (κ1) is 10.3. The highest BCUT2D eigenvalue weighted by Crippen LogP contribution is 2.35. The number of fused-ring (bicyclic) bond motifs is 1. The van der Waals surface area contributed by atoms with E-state index in [1.165, 1.54) is 0 Å². The highest BCUT2D eigenvalue weighted by molar-refractivity contribution is 5.49. The Hall–Kier alpha value is -1.26. The fourth-order valence-corrected chi connectivity index (χ4v) is 1.79. The number of nitrogens with two attached hydrogens (primary N) is 1. The molecule has 1 aliphatic heterocycles. The van der Waals surface area contributed by atoms with E-state index in [4.69, 9.17) is 15.2 Å². The molecule has 0 saturated heterocycles. The predicted molar refractivity (Wildman–Crippen MR) is 58.2 cm³/mol. The molecule has 1 atom stereocenters. The van der Waals surface area contributed by atoms with E-state index in [1.807, 2.05) is 26.1 Å². The summed E-state index contributed by atoms with van der Waals surface area (Å²) in [6.45, 7) is 3.09. The van der Waals surface area contributed by atoms with Crippen LogP contribution in [0, 0.1) is 6.92 Å². The first-order valence-corrected chi connectivity index (χ1v) is 5.02. The number of likely N-dealkylation sites (N-methyl/N-ethyl adjacent to an activating group) is 1. The van der Waals surface area contributed by atoms with Crippen LogP contribution in [-0.4, -0.2) is 20.4 Å². The summed E-state index contributed by atoms with van der Waals surface area (Å²) in [5.41, 5.74) is 8.29. The van der Waals surface area contributed by atoms with E-state index in [2.05, 4.69) is 5.32 Å². The Morgan fingerprint density at radius 1 is 1.40 bits per heavy atom. The van der Waals surface area contributed by atoms with E-state index in [0.29, 0.717) is 6.79 Å². The second-order valence-electron chi connectivity index (χ2n) is 3.73. The van der Waals surface area contributed by atoms with E-state index in [1.54, 1.807) is 0 Å². The van der Waals surface area contributed by atoms with Crippen LogP contribution in [0.1, 0.15) is 17.2 Å². The summed E-state index contributed by atoms with van der Waals surface area (Å²) in [5, 5.41) is 3.06. The predicted octanol–water partition coefficient (Wildman–Crippen LogP) is 0.943. The van der Waals surface area contributed by atoms with Gasteiger partial charge in [-0.2, -0.15) is 0 Å². The van der Waals surface area contributed by atoms with Gasteiger partial charge >= 0.3 is 0 Å². The average molecular weight is 208 g/mol. The Morgan fingerprint density at radius 2 is 2.07 bits per heavy atom. The Balaban J connectivity index is 2.31. The van der Waals surface area contributed by atoms with Gasteiger partial charge < -0.3 is 20.5 Å². The third-order valence-corrected chi connectivity index (χ3v) is 2.58. The van der Waals surface area contributed by atoms with Crippen molar-refractivity contribution in [2.75, 3.05) is 20.4 Å². The van der Waals surface area contributed by atoms with Gasteiger partial charge in [0.15, 0.2) is 11.5 Å². The lowest BCUT2D eigenvalue weighted by molar-refractivity contribution is 0.174. The number of nitrogens with one attached hydrogen (secondary N) is 1. The topological polar surface area (TPSA) is 56.5 Å². The first-order valence-electron chi connectivity index (χ1n) is 5.02. The molecule has 1 aliphatic rings. The van der Waals surface area contributed by atoms with Crippen LogP contribution in [0.25, 0.3) is 0 Å². The van der Waals surface area contributed by atoms with Gasteiger partial charge in [-0.1, -0.05) is 0 Å². The fraction of sp³-hybridized carbons (Fsp3) is 0.455. The van der Waals surface area contributed by atoms with Gasteiger partial charge in [-0.15, -0.1) is 0 Å². The van der Waals surface area contributed by atoms with Crippen molar-refractivity contribution in [3.8, 4) is 11.5 Å². The lowest BCUT2D eigenvalue weighted by Gasteiger charge is -2.14. The summed E-state index contributed by atoms with van der Waals surface area (Å²) in [7, 11) is 1.89. The molecule has 4 nitrogen and oxygen atoms in total. The maximum Gasteiger partial charge on any atom is 0.231 e. The maximum absolute atomic E-state index is 6.04. The maximum atomic E-state index is 6.04. The summed E-state index contributed by atoms with van der Waals surface area (Å²) in [5.74, 6) is 1.61. The number of benzene rings is 1. The van der Waals surface area contributed by atoms with Gasteiger partial charge in [0.25, 0.3) is 0 Å². The molecule has 15 heavy (non-hydrogen) atoms. The Bertz CT molecular complexity index is 366. The Morgan fingerprint density at radius 3 is 2.73 bits per heavy atom. The number of ether oxygens (including phenoxy) is 2. The molecular weight excluding hydrogens is 192 g/mol. The van der Waals surface area contributed by atoms with Crippen molar-refractivity contribution < 1.29 is 9.47 Å². The van der Waals surface area contributed by atoms with Crippen molar-refractivity contribution in [2.45, 2.75) is 13.0 Å². The largest absolute Gasteiger partial charge is 0.454 e. The molecule has 0 fully saturated rings. The SMILES string of the molecule is CNCC(N)c1cc2c(cc1C)OCO2. The van der Waals surface area contributed by atoms with Crippen LogP contribution in [0.5, 0.6) is 11.5 Å². The highest BCUT2D eigenvalue weighted by atomic mass is 16.7. The highest BCUT2D eigenvalue weighted by Gasteiger charge is 2.18. The molecule has 3 N–H and O–H groups in total. The summed E-state index contributed by atoms with van der Waals surface area (Å²) in [6.07, 6.45) is 0. The summed E-state index contributed by atoms with van der Waals surface area (Å²) in [6, 6.07) is 3.94. The quantitative estimate of drug-likeness (QED) is 0.776. The average Bonchev–Trinajstić information content (AvgIpc) is 2.63. The van der Waals surface area contributed by atoms with Crippen molar-refractivity contribution in [3.63, 3.8) is 0 Å². The van der Waals surface area contributed by atoms with Gasteiger partial charge in [-0.3, -0.25) is 0 Å². The van der Waals surface area contributed by atoms with Gasteiger partial charge in [-0.05, 0) is 37.2 Å². The van der Waals surface area contributed by atoms with Crippen molar-refractivity contribution in [3.05, 3.63) is 23.3 Å². The molecule has 0 radical (unpaired) electrons. The van der Waals surface area contributed by atoms with Crippen LogP contribution >= 0.6 is 0 Å². The summed E-state index contributed by atoms with van der Waals surface area (Å²) < 4.78 is 10.6. The van der Waals surface area contributed by atoms with E-state index in [-0.39, 0.29) is 6.04 Å². The Kier molecular flexibility index (Phi) is 2.79. The second-order valence-corrected chi connectivity index (χ2v) is 3.73. The molecule has 0 spiro atoms. The van der Waals surface area contributed by atoms with Crippen LogP contribution in [0.2, 0.25) is 0 Å². The zero-order valence-corrected chi connectivity index (χ0v) is 9.04. The van der Waals surface area contributed by atoms with Crippen LogP contribution in [0.4, 0.5) is 0 Å². The summed E-state index contributed by atoms with van der Waals surface area (Å²) >= 11 is 0. The molecule has 1 aromatic rings. The van der Waals surface area contributed by atoms with Crippen molar-refractivity contribution in [1.29, 1.82) is 0 Å². The normalized spacial score (nSPS) is 15.4. The Labute approximate surface area is 89.4 Å². The number of hydrogen-bond acceptors (Lipinski definition) is 4. The number of aryl methyl sites for hydroxylation is 1. The van der Waals surface area contributed by atoms with Crippen molar-refractivity contribution in [2.24, 2.45) is 5.73 Å². The number of rotatable bonds is 3. The molecule has 0 bridgehead atoms. The van der Waals surface area contributed by atoms with Crippen molar-refractivity contribution >= 4 is 0 Å². The smallest absolute Gasteiger partial charge is 0.231 e. The molecule has 2 rings (SSSR count). The fourth-order valence-electron chi connectivity index (χ4n) is 1.79. The van der Waals surface area contributed by atoms with Crippen molar-refractivity contribution in [1.82, 2.24) is 5.32 Å². The molecule has 1 aromatic carbocycles. The molecule has 1 unspecified atom stereocenters. The second kappa shape index (κ2) is 4.08. The lowest BCUT2D eigenvalue weighted by atomic mass is 10.0. The van der Waals surface area contributed by atoms with Crippen LogP contribution in [0.3, 0.4) is 0 Å². The van der Waals surface area contributed by atoms with E-state index >= 15 is 0 Å². The minimum absolute atomic E-state index is 0.00972. The zero-order chi connectivity index (χ0) is 10.8. The summed E-state index contributed by atoms with van der Waals surface area (Å²) in [4.78, 5) is 0. The third kappa shape index (κ3) is 1.91. The van der Waals surface area contributed by atoms with E-state index in [0.717, 1.165) is 29.2 Å². The minimum atomic E-state index is -0.00972. The third-order valence-electron chi connectivity index (χ3n) is 2.58. The first-order chi connectivity index (χ1) is 7.22. The molecule has 4 heteroatoms. The monoisotopic (exact) mass is 208 g/mol. The van der Waals surface area contributed by atoms with Crippen LogP contribution in [-0.2, 0) is 0 Å². The van der Waals surface area contributed by atoms with Gasteiger partial charge in [0.1, 0.15) is 0 Å². The lowest BCUT2D eigenvalue weighted by Crippen LogP contribution is -2.24. The van der Waals surface area contributed by atoms with E-state index < -0.39 is 0 Å². The molecule has 1 heterocycles. The van der Waals surface area contributed by atoms with Crippen LogP contribution < -0.4 is 20.5 Å². The van der Waals surface area contributed by atoms with Gasteiger partial charge in [0, 0.05) is 12.6 Å². The zero-order valence-electron chi connectivity index (χ0n) is 9.04. The molecular formula is C11H16N2O2. The van der Waals surface area contributed by atoms with Gasteiger partial charge in [0.05, 0.1) is 0 Å². The van der Waals surface area contributed by atoms with Gasteiger partial charge in [0.2, 0.25) is 6.79 Å². The minimum Gasteiger partial charge on any atom is -0.454 e. The molecule has 0 aliphatic carbocycles. The molecule has 0 saturated carbocycles. The molecule has 0 amide bonds. The van der Waals surface area contributed by atoms with E-state index in [9.17, 15) is 0 Å². The van der Waals surface area contributed by atoms with Crippen LogP contribution in [0.15, 0.2) is 12.1 Å². The molecule has 0 aromatic heterocycles. The van der Waals surface area contributed by atoms with Gasteiger partial charge in [-0.25, -0.2) is 0 Å².